The molecule has 0 aliphatic carbocycles. The van der Waals surface area contributed by atoms with Crippen molar-refractivity contribution in [2.75, 3.05) is 13.2 Å². The maximum atomic E-state index is 12.0. The number of halogens is 1. The van der Waals surface area contributed by atoms with Crippen molar-refractivity contribution in [3.8, 4) is 5.75 Å². The van der Waals surface area contributed by atoms with Crippen LogP contribution in [0, 0.1) is 6.92 Å². The molecule has 1 atom stereocenters. The van der Waals surface area contributed by atoms with Crippen molar-refractivity contribution in [1.82, 2.24) is 15.6 Å². The van der Waals surface area contributed by atoms with Crippen molar-refractivity contribution in [2.45, 2.75) is 40.3 Å². The molecule has 2 aromatic rings. The van der Waals surface area contributed by atoms with Crippen LogP contribution in [0.2, 0.25) is 0 Å². The summed E-state index contributed by atoms with van der Waals surface area (Å²) in [4.78, 5) is 21.6. The van der Waals surface area contributed by atoms with Crippen LogP contribution in [0.25, 0.3) is 0 Å². The minimum atomic E-state index is -0.338. The Bertz CT molecular complexity index is 810. The lowest BCUT2D eigenvalue weighted by molar-refractivity contribution is 0.0531. The fraction of sp³-hybridized carbons (Fsp3) is 0.421. The van der Waals surface area contributed by atoms with Gasteiger partial charge >= 0.3 is 5.97 Å². The van der Waals surface area contributed by atoms with Gasteiger partial charge in [0.1, 0.15) is 15.6 Å². The molecule has 0 aliphatic rings. The highest BCUT2D eigenvalue weighted by Gasteiger charge is 2.20. The number of nitrogens with zero attached hydrogens (tertiary/aromatic N) is 2. The average Bonchev–Trinajstić information content (AvgIpc) is 3.02. The van der Waals surface area contributed by atoms with Crippen molar-refractivity contribution in [3.63, 3.8) is 0 Å². The van der Waals surface area contributed by atoms with Crippen LogP contribution in [0.15, 0.2) is 29.3 Å². The van der Waals surface area contributed by atoms with E-state index in [-0.39, 0.29) is 41.7 Å². The van der Waals surface area contributed by atoms with Gasteiger partial charge in [-0.15, -0.1) is 35.3 Å². The van der Waals surface area contributed by atoms with Gasteiger partial charge in [-0.05, 0) is 45.4 Å². The van der Waals surface area contributed by atoms with Gasteiger partial charge in [0, 0.05) is 6.54 Å². The van der Waals surface area contributed by atoms with Crippen molar-refractivity contribution in [3.05, 3.63) is 45.4 Å². The van der Waals surface area contributed by atoms with Gasteiger partial charge in [-0.1, -0.05) is 12.1 Å². The zero-order valence-electron chi connectivity index (χ0n) is 16.5. The third-order valence-electron chi connectivity index (χ3n) is 3.67. The average molecular weight is 518 g/mol. The monoisotopic (exact) mass is 518 g/mol. The number of nitrogens with one attached hydrogen (secondary N) is 2. The minimum Gasteiger partial charge on any atom is -0.508 e. The van der Waals surface area contributed by atoms with Crippen LogP contribution in [0.3, 0.4) is 0 Å². The van der Waals surface area contributed by atoms with Crippen molar-refractivity contribution in [1.29, 1.82) is 0 Å². The van der Waals surface area contributed by atoms with E-state index in [1.165, 1.54) is 11.3 Å². The molecule has 1 unspecified atom stereocenters. The lowest BCUT2D eigenvalue weighted by atomic mass is 10.2. The molecule has 0 radical (unpaired) electrons. The van der Waals surface area contributed by atoms with Crippen LogP contribution in [-0.4, -0.2) is 35.2 Å². The van der Waals surface area contributed by atoms with Crippen LogP contribution < -0.4 is 10.6 Å². The third-order valence-corrected chi connectivity index (χ3v) is 4.99. The number of carbonyl (C=O) groups excluding carboxylic acids is 1. The molecule has 7 nitrogen and oxygen atoms in total. The molecule has 1 aromatic heterocycles. The number of rotatable bonds is 7. The smallest absolute Gasteiger partial charge is 0.350 e. The summed E-state index contributed by atoms with van der Waals surface area (Å²) < 4.78 is 5.07. The van der Waals surface area contributed by atoms with Gasteiger partial charge in [-0.25, -0.2) is 14.8 Å². The number of aromatic hydroxyl groups is 1. The topological polar surface area (TPSA) is 95.8 Å². The van der Waals surface area contributed by atoms with Gasteiger partial charge in [0.15, 0.2) is 5.96 Å². The molecular weight excluding hydrogens is 491 g/mol. The van der Waals surface area contributed by atoms with Gasteiger partial charge in [0.05, 0.1) is 24.9 Å². The molecule has 0 amide bonds. The van der Waals surface area contributed by atoms with E-state index < -0.39 is 0 Å². The van der Waals surface area contributed by atoms with Crippen molar-refractivity contribution < 1.29 is 14.6 Å². The predicted molar refractivity (Wildman–Crippen MR) is 123 cm³/mol. The van der Waals surface area contributed by atoms with E-state index in [2.05, 4.69) is 20.6 Å². The van der Waals surface area contributed by atoms with Gasteiger partial charge in [-0.2, -0.15) is 0 Å². The standard InChI is InChI=1S/C19H26N4O3S.HI/c1-5-20-19(21-11-14-8-7-9-15(24)10-14)23-13(4)17-22-12(3)16(27-17)18(25)26-6-2;/h7-10,13,24H,5-6,11H2,1-4H3,(H2,20,21,23);1H. The van der Waals surface area contributed by atoms with Gasteiger partial charge in [0.25, 0.3) is 0 Å². The fourth-order valence-electron chi connectivity index (χ4n) is 2.40. The Morgan fingerprint density at radius 3 is 2.79 bits per heavy atom. The number of guanidine groups is 1. The Labute approximate surface area is 186 Å². The zero-order chi connectivity index (χ0) is 19.8. The van der Waals surface area contributed by atoms with E-state index in [0.29, 0.717) is 36.2 Å². The molecule has 154 valence electrons. The molecule has 0 bridgehead atoms. The molecule has 0 aliphatic heterocycles. The summed E-state index contributed by atoms with van der Waals surface area (Å²) in [5.74, 6) is 0.521. The first kappa shape index (κ1) is 24.2. The summed E-state index contributed by atoms with van der Waals surface area (Å²) in [5, 5.41) is 16.8. The summed E-state index contributed by atoms with van der Waals surface area (Å²) in [6.07, 6.45) is 0. The largest absolute Gasteiger partial charge is 0.508 e. The predicted octanol–water partition coefficient (Wildman–Crippen LogP) is 3.77. The van der Waals surface area contributed by atoms with E-state index in [9.17, 15) is 9.90 Å². The Morgan fingerprint density at radius 2 is 2.14 bits per heavy atom. The van der Waals surface area contributed by atoms with Crippen LogP contribution in [0.1, 0.15) is 52.7 Å². The van der Waals surface area contributed by atoms with Gasteiger partial charge in [0.2, 0.25) is 0 Å². The highest BCUT2D eigenvalue weighted by molar-refractivity contribution is 14.0. The highest BCUT2D eigenvalue weighted by atomic mass is 127. The minimum absolute atomic E-state index is 0. The molecule has 1 heterocycles. The number of aliphatic imine (C=N–C) groups is 1. The summed E-state index contributed by atoms with van der Waals surface area (Å²) in [6.45, 7) is 9.03. The summed E-state index contributed by atoms with van der Waals surface area (Å²) >= 11 is 1.33. The lowest BCUT2D eigenvalue weighted by Crippen LogP contribution is -2.38. The normalized spacial score (nSPS) is 12.1. The number of carbonyl (C=O) groups is 1. The maximum Gasteiger partial charge on any atom is 0.350 e. The Balaban J connectivity index is 0.00000392. The Hall–Kier alpha value is -1.88. The molecule has 0 saturated carbocycles. The van der Waals surface area contributed by atoms with Crippen LogP contribution in [0.5, 0.6) is 5.75 Å². The van der Waals surface area contributed by atoms with E-state index in [4.69, 9.17) is 4.74 Å². The van der Waals surface area contributed by atoms with E-state index in [1.54, 1.807) is 32.0 Å². The van der Waals surface area contributed by atoms with E-state index >= 15 is 0 Å². The number of aryl methyl sites for hydroxylation is 1. The van der Waals surface area contributed by atoms with Gasteiger partial charge in [-0.3, -0.25) is 0 Å². The Morgan fingerprint density at radius 1 is 1.39 bits per heavy atom. The second-order valence-corrected chi connectivity index (χ2v) is 6.95. The molecule has 0 saturated heterocycles. The zero-order valence-corrected chi connectivity index (χ0v) is 19.6. The number of hydrogen-bond acceptors (Lipinski definition) is 6. The summed E-state index contributed by atoms with van der Waals surface area (Å²) in [5.41, 5.74) is 1.58. The lowest BCUT2D eigenvalue weighted by Gasteiger charge is -2.16. The van der Waals surface area contributed by atoms with Crippen LogP contribution in [0.4, 0.5) is 0 Å². The highest BCUT2D eigenvalue weighted by Crippen LogP contribution is 2.24. The van der Waals surface area contributed by atoms with Crippen LogP contribution in [-0.2, 0) is 11.3 Å². The maximum absolute atomic E-state index is 12.0. The second kappa shape index (κ2) is 11.8. The third kappa shape index (κ3) is 6.93. The molecule has 0 spiro atoms. The SMILES string of the molecule is CCNC(=NCc1cccc(O)c1)NC(C)c1nc(C)c(C(=O)OCC)s1.I. The number of hydrogen-bond donors (Lipinski definition) is 3. The molecule has 3 N–H and O–H groups in total. The van der Waals surface area contributed by atoms with Crippen molar-refractivity contribution >= 4 is 47.2 Å². The van der Waals surface area contributed by atoms with E-state index in [1.807, 2.05) is 19.9 Å². The van der Waals surface area contributed by atoms with Gasteiger partial charge < -0.3 is 20.5 Å². The number of phenolic OH excluding ortho intramolecular Hbond substituents is 1. The quantitative estimate of drug-likeness (QED) is 0.224. The first-order valence-corrected chi connectivity index (χ1v) is 9.73. The number of aromatic nitrogens is 1. The number of phenols is 1. The second-order valence-electron chi connectivity index (χ2n) is 5.92. The number of ether oxygens (including phenoxy) is 1. The number of thiazole rings is 1. The summed E-state index contributed by atoms with van der Waals surface area (Å²) in [7, 11) is 0. The molecule has 2 rings (SSSR count). The Kier molecular flexibility index (Phi) is 10.2. The first-order valence-electron chi connectivity index (χ1n) is 8.91. The summed E-state index contributed by atoms with van der Waals surface area (Å²) in [6, 6.07) is 6.89. The van der Waals surface area contributed by atoms with E-state index in [0.717, 1.165) is 10.6 Å². The molecule has 1 aromatic carbocycles. The molecule has 28 heavy (non-hydrogen) atoms. The molecule has 0 fully saturated rings. The molecular formula is C19H27IN4O3S. The molecule has 9 heteroatoms. The number of benzene rings is 1. The fourth-order valence-corrected chi connectivity index (χ4v) is 3.36. The van der Waals surface area contributed by atoms with Crippen LogP contribution >= 0.6 is 35.3 Å². The van der Waals surface area contributed by atoms with Crippen molar-refractivity contribution in [2.24, 2.45) is 4.99 Å². The number of esters is 1. The first-order chi connectivity index (χ1) is 12.9.